The number of anilines is 3. The fourth-order valence-corrected chi connectivity index (χ4v) is 14.1. The van der Waals surface area contributed by atoms with Gasteiger partial charge < -0.3 is 80.5 Å². The summed E-state index contributed by atoms with van der Waals surface area (Å²) in [6.07, 6.45) is 20.9. The topological polar surface area (TPSA) is 606 Å². The summed E-state index contributed by atoms with van der Waals surface area (Å²) in [5.74, 6) is 3.50. The number of esters is 1. The number of carbonyl (C=O) groups is 10. The number of quaternary nitrogens is 1. The third-order valence-electron chi connectivity index (χ3n) is 20.3. The maximum Gasteiger partial charge on any atom is 0.394 e. The number of carboxylic acids is 2. The highest BCUT2D eigenvalue weighted by molar-refractivity contribution is 7.79. The third-order valence-corrected chi connectivity index (χ3v) is 21.1. The maximum absolute atomic E-state index is 12.9. The average molecular weight is 1830 g/mol. The molecule has 0 bridgehead atoms. The number of aliphatic hydroxyl groups is 1. The highest BCUT2D eigenvalue weighted by atomic mass is 35.5. The van der Waals surface area contributed by atoms with Gasteiger partial charge in [0.25, 0.3) is 0 Å². The molecular formula is C88H138Cl3N8O22S2-. The fourth-order valence-electron chi connectivity index (χ4n) is 13.8. The Balaban J connectivity index is -0.000000657. The van der Waals surface area contributed by atoms with Gasteiger partial charge in [0.1, 0.15) is 11.5 Å². The number of ketones is 1. The standard InChI is InChI=1S/C22H33NO2.C11H19ClO.C11H15NO2.C11H20O2.2C10H14N2O.C10H13NO2.C2Cl2O2.CH4O.H3N.2H2O4S/c1-15(2)19-12-7-16(3)13-20(19)21(24)14-18-10-8-17(9-11-18)5-4-6-22(23)25;1-7(2)9-5-4-8(3)6-10(9)11(12)13;1-14-11(13)4-2-3-9-5-7-10(12)8-6-9;1-7(2)9-5-4-8(3)6-10(9)11(12)13;3*11-9-6-4-8(5-7-9)2-1-3-10(12)13;3-1(5)2(4)6;1-2;;1-5(2,3)4;1-4-5(2)3/h8-11,15-16,19-20H,4-7,12-14H2,1-3H3,(H2,23,25);7-10H,4-6H2,1-3H3;5-8H,2-4,12H2,1H3;7-10H,4-6H2,1-3H3,(H,12,13);2*4-7H,1-3,11H2,(H2,12,13);4-7H,1-3,11H2,(H,12,13);;2H,1H3;1H3;(H2,1,2,3,4);1H,(H,2,3)/p-1/t16-,19+,20?;8-,9+,10?;;8-,9+,10?;;;;;;;;/m11.1......../s1. The van der Waals surface area contributed by atoms with Gasteiger partial charge in [-0.1, -0.05) is 154 Å². The average Bonchev–Trinajstić information content (AvgIpc) is 0.836. The number of benzene rings is 5. The summed E-state index contributed by atoms with van der Waals surface area (Å²) in [5, 5.41) is 30.6. The quantitative estimate of drug-likeness (QED) is 0.00297. The Kier molecular flexibility index (Phi) is 68.7. The summed E-state index contributed by atoms with van der Waals surface area (Å²) < 4.78 is 56.2. The molecule has 0 aliphatic heterocycles. The van der Waals surface area contributed by atoms with Crippen LogP contribution in [0.25, 0.3) is 0 Å². The molecule has 30 nitrogen and oxygen atoms in total. The molecule has 5 aromatic rings. The van der Waals surface area contributed by atoms with E-state index in [1.807, 2.05) is 97.1 Å². The van der Waals surface area contributed by atoms with Crippen molar-refractivity contribution in [2.45, 2.75) is 223 Å². The van der Waals surface area contributed by atoms with E-state index in [1.165, 1.54) is 61.5 Å². The zero-order valence-corrected chi connectivity index (χ0v) is 77.1. The first-order valence-corrected chi connectivity index (χ1v) is 44.2. The normalized spacial score (nSPS) is 17.9. The van der Waals surface area contributed by atoms with Crippen molar-refractivity contribution in [2.75, 3.05) is 31.4 Å². The molecule has 0 saturated heterocycles. The van der Waals surface area contributed by atoms with Gasteiger partial charge in [-0.05, 0) is 273 Å². The van der Waals surface area contributed by atoms with Crippen molar-refractivity contribution in [3.63, 3.8) is 0 Å². The molecule has 3 fully saturated rings. The van der Waals surface area contributed by atoms with Crippen molar-refractivity contribution >= 4 is 136 Å². The van der Waals surface area contributed by atoms with Gasteiger partial charge in [0.2, 0.25) is 23.0 Å². The van der Waals surface area contributed by atoms with Gasteiger partial charge in [-0.25, -0.2) is 4.21 Å². The van der Waals surface area contributed by atoms with E-state index >= 15 is 0 Å². The first-order chi connectivity index (χ1) is 57.1. The molecule has 0 spiro atoms. The fraction of sp³-hybridized carbons (Fsp3) is 0.545. The Morgan fingerprint density at radius 1 is 0.472 bits per heavy atom. The lowest BCUT2D eigenvalue weighted by atomic mass is 9.68. The number of carboxylic acid groups (broad SMARTS) is 2. The summed E-state index contributed by atoms with van der Waals surface area (Å²) >= 11 is 11.7. The second kappa shape index (κ2) is 69.9. The largest absolute Gasteiger partial charge is 0.750 e. The lowest BCUT2D eigenvalue weighted by Crippen LogP contribution is -2.39. The van der Waals surface area contributed by atoms with Crippen LogP contribution in [0.2, 0.25) is 0 Å². The number of aliphatic hydroxyl groups excluding tert-OH is 1. The second-order valence-electron chi connectivity index (χ2n) is 31.3. The van der Waals surface area contributed by atoms with Crippen molar-refractivity contribution in [3.8, 4) is 0 Å². The molecule has 3 aliphatic rings. The number of ether oxygens (including phenoxy) is 1. The number of rotatable bonds is 30. The number of aryl methyl sites for hydroxylation is 5. The molecule has 123 heavy (non-hydrogen) atoms. The number of carbonyl (C=O) groups excluding carboxylic acids is 8. The van der Waals surface area contributed by atoms with Gasteiger partial charge in [0.05, 0.1) is 24.4 Å². The van der Waals surface area contributed by atoms with E-state index in [9.17, 15) is 47.9 Å². The number of primary amides is 3. The summed E-state index contributed by atoms with van der Waals surface area (Å²) in [6, 6.07) is 39.2. The Labute approximate surface area is 744 Å². The van der Waals surface area contributed by atoms with E-state index in [1.54, 1.807) is 0 Å². The summed E-state index contributed by atoms with van der Waals surface area (Å²) in [7, 11) is -2.25. The number of hydrogen-bond acceptors (Lipinski definition) is 22. The first-order valence-electron chi connectivity index (χ1n) is 40.6. The van der Waals surface area contributed by atoms with Crippen LogP contribution in [0.4, 0.5) is 22.7 Å². The monoisotopic (exact) mass is 1830 g/mol. The van der Waals surface area contributed by atoms with Crippen molar-refractivity contribution in [2.24, 2.45) is 88.2 Å². The van der Waals surface area contributed by atoms with E-state index in [0.29, 0.717) is 97.6 Å². The Bertz CT molecular complexity index is 3740. The van der Waals surface area contributed by atoms with E-state index in [4.69, 9.17) is 92.9 Å². The minimum absolute atomic E-state index is 0. The summed E-state index contributed by atoms with van der Waals surface area (Å²) in [4.78, 5) is 107. The SMILES string of the molecule is CC(C)[C@@H]1CC[C@@H](C)CC1C(=O)Cc1ccc(CCCC(N)=O)cc1.CC(C)[C@@H]1CC[C@@H](C)CC1C(=O)Cl.CC(C)[C@@H]1CC[C@@H](C)CC1C(=O)O.CO.COC(=O)CCCc1ccc([NH3+])cc1.N.NC(=O)CCCc1ccc(N)cc1.NC(=O)CCCc1ccc(N)cc1.Nc1ccc(CCCC(=O)O)cc1.O=C(Cl)C(=O)Cl.O=S(=O)(O)O.O=S([O-])O[O-]. The van der Waals surface area contributed by atoms with E-state index in [0.717, 1.165) is 124 Å². The van der Waals surface area contributed by atoms with Crippen molar-refractivity contribution in [1.82, 2.24) is 6.15 Å². The first kappa shape index (κ1) is 121. The van der Waals surface area contributed by atoms with Crippen molar-refractivity contribution < 1.29 is 110 Å². The molecule has 5 aromatic carbocycles. The number of nitrogens with two attached hydrogens (primary N) is 6. The Morgan fingerprint density at radius 3 is 0.984 bits per heavy atom. The molecular weight excluding hydrogens is 1690 g/mol. The zero-order valence-electron chi connectivity index (χ0n) is 73.2. The minimum atomic E-state index is -4.67. The van der Waals surface area contributed by atoms with Crippen LogP contribution >= 0.6 is 34.8 Å². The molecule has 35 heteroatoms. The molecule has 0 radical (unpaired) electrons. The van der Waals surface area contributed by atoms with Gasteiger partial charge in [0, 0.05) is 74.5 Å². The van der Waals surface area contributed by atoms with Crippen LogP contribution in [0, 0.1) is 71.0 Å². The highest BCUT2D eigenvalue weighted by Crippen LogP contribution is 2.41. The number of amides is 3. The van der Waals surface area contributed by atoms with Crippen LogP contribution in [-0.4, -0.2) is 113 Å². The lowest BCUT2D eigenvalue weighted by Gasteiger charge is -2.36. The van der Waals surface area contributed by atoms with Crippen molar-refractivity contribution in [1.29, 1.82) is 0 Å². The molecule has 3 amide bonds. The number of methoxy groups -OCH3 is 1. The molecule has 23 N–H and O–H groups in total. The summed E-state index contributed by atoms with van der Waals surface area (Å²) in [5.41, 5.74) is 45.9. The molecule has 10 atom stereocenters. The number of aliphatic carboxylic acids is 2. The van der Waals surface area contributed by atoms with Gasteiger partial charge in [-0.2, -0.15) is 8.42 Å². The molecule has 4 unspecified atom stereocenters. The van der Waals surface area contributed by atoms with Crippen LogP contribution in [0.3, 0.4) is 0 Å². The van der Waals surface area contributed by atoms with Crippen LogP contribution in [0.1, 0.15) is 218 Å². The Hall–Kier alpha value is -8.35. The molecule has 0 aromatic heterocycles. The maximum atomic E-state index is 12.9. The zero-order chi connectivity index (χ0) is 93.8. The minimum Gasteiger partial charge on any atom is -0.750 e. The van der Waals surface area contributed by atoms with Crippen LogP contribution in [-0.2, 0) is 117 Å². The summed E-state index contributed by atoms with van der Waals surface area (Å²) in [6.45, 7) is 19.8. The number of Topliss-reactive ketones (excluding diaryl/α,β-unsaturated/α-hetero) is 1. The lowest BCUT2D eigenvalue weighted by molar-refractivity contribution is -0.635. The van der Waals surface area contributed by atoms with Gasteiger partial charge in [0.15, 0.2) is 0 Å². The van der Waals surface area contributed by atoms with Crippen molar-refractivity contribution in [3.05, 3.63) is 155 Å². The number of hydrogen-bond donors (Lipinski definition) is 13. The van der Waals surface area contributed by atoms with E-state index in [2.05, 4.69) is 125 Å². The molecule has 3 saturated carbocycles. The third kappa shape index (κ3) is 65.9. The van der Waals surface area contributed by atoms with Gasteiger partial charge >= 0.3 is 38.8 Å². The Morgan fingerprint density at radius 2 is 0.724 bits per heavy atom. The number of halogens is 3. The van der Waals surface area contributed by atoms with Gasteiger partial charge in [-0.15, -0.1) is 0 Å². The molecule has 0 heterocycles. The van der Waals surface area contributed by atoms with Crippen LogP contribution < -0.4 is 51.5 Å². The highest BCUT2D eigenvalue weighted by Gasteiger charge is 2.37. The molecule has 3 aliphatic carbocycles. The van der Waals surface area contributed by atoms with Crippen LogP contribution in [0.15, 0.2) is 121 Å². The predicted molar refractivity (Wildman–Crippen MR) is 481 cm³/mol. The molecule has 8 rings (SSSR count). The van der Waals surface area contributed by atoms with Crippen LogP contribution in [0.5, 0.6) is 0 Å². The van der Waals surface area contributed by atoms with E-state index < -0.39 is 44.2 Å². The second-order valence-corrected chi connectivity index (χ2v) is 33.8. The smallest absolute Gasteiger partial charge is 0.394 e. The number of nitrogen functional groups attached to an aromatic ring is 3. The molecule has 696 valence electrons. The predicted octanol–water partition coefficient (Wildman–Crippen LogP) is 13.1. The van der Waals surface area contributed by atoms with Gasteiger partial charge in [-0.3, -0.25) is 57.1 Å². The van der Waals surface area contributed by atoms with E-state index in [-0.39, 0.29) is 59.3 Å².